The van der Waals surface area contributed by atoms with Crippen molar-refractivity contribution in [3.63, 3.8) is 0 Å². The van der Waals surface area contributed by atoms with Crippen molar-refractivity contribution in [2.75, 3.05) is 12.0 Å². The summed E-state index contributed by atoms with van der Waals surface area (Å²) in [6.45, 7) is 10.2. The fourth-order valence-electron chi connectivity index (χ4n) is 2.15. The van der Waals surface area contributed by atoms with Crippen LogP contribution in [0.4, 0.5) is 15.5 Å². The number of halogens is 1. The molecule has 0 bridgehead atoms. The Balaban J connectivity index is 2.50. The van der Waals surface area contributed by atoms with E-state index < -0.39 is 23.4 Å². The minimum atomic E-state index is -0.914. The third-order valence-electron chi connectivity index (χ3n) is 3.34. The summed E-state index contributed by atoms with van der Waals surface area (Å²) in [5.41, 5.74) is -0.930. The van der Waals surface area contributed by atoms with Gasteiger partial charge in [-0.05, 0) is 70.3 Å². The minimum absolute atomic E-state index is 0.138. The van der Waals surface area contributed by atoms with Gasteiger partial charge in [-0.1, -0.05) is 0 Å². The summed E-state index contributed by atoms with van der Waals surface area (Å²) >= 11 is 3.44. The molecular weight excluding hydrogens is 418 g/mol. The molecule has 0 saturated heterocycles. The van der Waals surface area contributed by atoms with Crippen molar-refractivity contribution in [1.82, 2.24) is 9.97 Å². The van der Waals surface area contributed by atoms with E-state index in [9.17, 15) is 9.59 Å². The van der Waals surface area contributed by atoms with E-state index in [1.54, 1.807) is 41.5 Å². The van der Waals surface area contributed by atoms with Gasteiger partial charge in [-0.3, -0.25) is 0 Å². The van der Waals surface area contributed by atoms with Gasteiger partial charge in [-0.15, -0.1) is 4.90 Å². The van der Waals surface area contributed by atoms with Gasteiger partial charge in [0, 0.05) is 5.92 Å². The number of amides is 2. The number of methoxy groups -OCH3 is 1. The number of imide groups is 1. The van der Waals surface area contributed by atoms with Crippen molar-refractivity contribution >= 4 is 34.1 Å². The number of carbonyl (C=O) groups is 2. The van der Waals surface area contributed by atoms with Crippen molar-refractivity contribution in [2.45, 2.75) is 71.5 Å². The summed E-state index contributed by atoms with van der Waals surface area (Å²) in [4.78, 5) is 34.8. The molecule has 0 N–H and O–H groups in total. The molecule has 0 unspecified atom stereocenters. The lowest BCUT2D eigenvalue weighted by Gasteiger charge is -2.27. The highest BCUT2D eigenvalue weighted by Crippen LogP contribution is 2.45. The largest absolute Gasteiger partial charge is 0.480 e. The van der Waals surface area contributed by atoms with Crippen molar-refractivity contribution in [1.29, 1.82) is 0 Å². The van der Waals surface area contributed by atoms with Crippen molar-refractivity contribution < 1.29 is 23.8 Å². The fourth-order valence-corrected chi connectivity index (χ4v) is 2.81. The monoisotopic (exact) mass is 443 g/mol. The Morgan fingerprint density at radius 3 is 1.85 bits per heavy atom. The minimum Gasteiger partial charge on any atom is -0.480 e. The number of anilines is 1. The summed E-state index contributed by atoms with van der Waals surface area (Å²) in [7, 11) is 1.46. The van der Waals surface area contributed by atoms with Crippen LogP contribution in [0.25, 0.3) is 0 Å². The highest BCUT2D eigenvalue weighted by Gasteiger charge is 2.37. The van der Waals surface area contributed by atoms with Crippen LogP contribution in [-0.4, -0.2) is 40.5 Å². The first kappa shape index (κ1) is 21.4. The Bertz CT molecular complexity index is 708. The molecule has 1 aliphatic rings. The molecule has 1 heterocycles. The summed E-state index contributed by atoms with van der Waals surface area (Å²) in [6.07, 6.45) is 0.111. The van der Waals surface area contributed by atoms with Gasteiger partial charge in [-0.2, -0.15) is 4.98 Å². The summed E-state index contributed by atoms with van der Waals surface area (Å²) in [5, 5.41) is 0. The maximum atomic E-state index is 12.7. The van der Waals surface area contributed by atoms with Gasteiger partial charge < -0.3 is 14.2 Å². The van der Waals surface area contributed by atoms with Crippen LogP contribution in [0.2, 0.25) is 0 Å². The third-order valence-corrected chi connectivity index (χ3v) is 4.09. The number of hydrogen-bond acceptors (Lipinski definition) is 7. The summed E-state index contributed by atoms with van der Waals surface area (Å²) < 4.78 is 16.6. The van der Waals surface area contributed by atoms with Crippen LogP contribution < -0.4 is 9.64 Å². The Kier molecular flexibility index (Phi) is 6.03. The standard InChI is InChI=1S/C18H26BrN3O5/c1-17(2,3)26-15(23)22(16(24)27-18(4,5)6)14-20-12(10-8-9-10)11(19)13(21-14)25-7/h10H,8-9H2,1-7H3. The van der Waals surface area contributed by atoms with Crippen LogP contribution in [-0.2, 0) is 9.47 Å². The second kappa shape index (κ2) is 7.61. The van der Waals surface area contributed by atoms with E-state index in [0.717, 1.165) is 12.8 Å². The lowest BCUT2D eigenvalue weighted by Crippen LogP contribution is -2.44. The van der Waals surface area contributed by atoms with Gasteiger partial charge in [0.2, 0.25) is 11.8 Å². The van der Waals surface area contributed by atoms with Crippen LogP contribution in [0.1, 0.15) is 66.0 Å². The molecule has 9 heteroatoms. The number of carbonyl (C=O) groups excluding carboxylic acids is 2. The van der Waals surface area contributed by atoms with Crippen molar-refractivity contribution in [3.8, 4) is 5.88 Å². The molecule has 0 radical (unpaired) electrons. The van der Waals surface area contributed by atoms with Crippen LogP contribution in [0.15, 0.2) is 4.47 Å². The highest BCUT2D eigenvalue weighted by molar-refractivity contribution is 9.10. The molecule has 27 heavy (non-hydrogen) atoms. The second-order valence-electron chi connectivity index (χ2n) is 8.30. The zero-order valence-electron chi connectivity index (χ0n) is 16.8. The fraction of sp³-hybridized carbons (Fsp3) is 0.667. The lowest BCUT2D eigenvalue weighted by molar-refractivity contribution is 0.0427. The number of rotatable bonds is 3. The van der Waals surface area contributed by atoms with Crippen LogP contribution in [0.3, 0.4) is 0 Å². The molecule has 0 aromatic carbocycles. The molecule has 8 nitrogen and oxygen atoms in total. The molecule has 150 valence electrons. The van der Waals surface area contributed by atoms with E-state index in [1.807, 2.05) is 0 Å². The van der Waals surface area contributed by atoms with Crippen LogP contribution in [0, 0.1) is 0 Å². The quantitative estimate of drug-likeness (QED) is 0.661. The first-order valence-electron chi connectivity index (χ1n) is 8.70. The van der Waals surface area contributed by atoms with Gasteiger partial charge in [0.05, 0.1) is 12.8 Å². The smallest absolute Gasteiger partial charge is 0.427 e. The Hall–Kier alpha value is -1.90. The van der Waals surface area contributed by atoms with Gasteiger partial charge in [0.25, 0.3) is 0 Å². The van der Waals surface area contributed by atoms with Crippen molar-refractivity contribution in [2.24, 2.45) is 0 Å². The molecular formula is C18H26BrN3O5. The van der Waals surface area contributed by atoms with E-state index in [-0.39, 0.29) is 17.7 Å². The van der Waals surface area contributed by atoms with E-state index in [2.05, 4.69) is 25.9 Å². The molecule has 1 saturated carbocycles. The molecule has 0 aliphatic heterocycles. The van der Waals surface area contributed by atoms with E-state index in [1.165, 1.54) is 7.11 Å². The average molecular weight is 444 g/mol. The first-order valence-corrected chi connectivity index (χ1v) is 9.49. The molecule has 1 fully saturated rings. The maximum Gasteiger partial charge on any atom is 0.427 e. The van der Waals surface area contributed by atoms with Gasteiger partial charge in [-0.25, -0.2) is 14.6 Å². The van der Waals surface area contributed by atoms with Crippen LogP contribution in [0.5, 0.6) is 5.88 Å². The van der Waals surface area contributed by atoms with E-state index >= 15 is 0 Å². The normalized spacial score (nSPS) is 14.5. The lowest BCUT2D eigenvalue weighted by atomic mass is 10.2. The summed E-state index contributed by atoms with van der Waals surface area (Å²) in [6, 6.07) is 0. The molecule has 2 rings (SSSR count). The summed E-state index contributed by atoms with van der Waals surface area (Å²) in [5.74, 6) is 0.327. The Labute approximate surface area is 167 Å². The number of ether oxygens (including phenoxy) is 3. The second-order valence-corrected chi connectivity index (χ2v) is 9.10. The topological polar surface area (TPSA) is 90.8 Å². The molecule has 2 amide bonds. The maximum absolute atomic E-state index is 12.7. The zero-order chi connectivity index (χ0) is 20.6. The predicted molar refractivity (Wildman–Crippen MR) is 103 cm³/mol. The average Bonchev–Trinajstić information content (AvgIpc) is 3.29. The molecule has 1 aromatic rings. The van der Waals surface area contributed by atoms with Crippen LogP contribution >= 0.6 is 15.9 Å². The van der Waals surface area contributed by atoms with Gasteiger partial charge in [0.1, 0.15) is 15.7 Å². The highest BCUT2D eigenvalue weighted by atomic mass is 79.9. The Morgan fingerprint density at radius 2 is 1.48 bits per heavy atom. The third kappa shape index (κ3) is 5.79. The number of nitrogens with zero attached hydrogens (tertiary/aromatic N) is 3. The van der Waals surface area contributed by atoms with Crippen molar-refractivity contribution in [3.05, 3.63) is 10.2 Å². The van der Waals surface area contributed by atoms with E-state index in [4.69, 9.17) is 14.2 Å². The van der Waals surface area contributed by atoms with Gasteiger partial charge in [0.15, 0.2) is 0 Å². The number of hydrogen-bond donors (Lipinski definition) is 0. The predicted octanol–water partition coefficient (Wildman–Crippen LogP) is 4.80. The molecule has 1 aromatic heterocycles. The molecule has 0 spiro atoms. The molecule has 1 aliphatic carbocycles. The number of aromatic nitrogens is 2. The first-order chi connectivity index (χ1) is 12.3. The van der Waals surface area contributed by atoms with E-state index in [0.29, 0.717) is 15.1 Å². The SMILES string of the molecule is COc1nc(N(C(=O)OC(C)(C)C)C(=O)OC(C)(C)C)nc(C2CC2)c1Br. The molecule has 0 atom stereocenters. The van der Waals surface area contributed by atoms with Gasteiger partial charge >= 0.3 is 12.2 Å². The zero-order valence-corrected chi connectivity index (χ0v) is 18.3. The Morgan fingerprint density at radius 1 is 1.00 bits per heavy atom.